The summed E-state index contributed by atoms with van der Waals surface area (Å²) in [6.45, 7) is 1.67. The van der Waals surface area contributed by atoms with Crippen LogP contribution in [0.1, 0.15) is 43.3 Å². The molecule has 3 N–H and O–H groups in total. The first-order chi connectivity index (χ1) is 16.4. The molecule has 0 radical (unpaired) electrons. The molecule has 3 aromatic heterocycles. The lowest BCUT2D eigenvalue weighted by molar-refractivity contribution is -0.144. The van der Waals surface area contributed by atoms with Crippen LogP contribution in [-0.2, 0) is 16.6 Å². The Hall–Kier alpha value is -2.83. The number of alkyl halides is 3. The van der Waals surface area contributed by atoms with E-state index in [9.17, 15) is 28.2 Å². The van der Waals surface area contributed by atoms with E-state index in [1.54, 1.807) is 19.2 Å². The number of hydrogen-bond acceptors (Lipinski definition) is 8. The number of carbonyl (C=O) groups is 1. The predicted octanol–water partition coefficient (Wildman–Crippen LogP) is 5.51. The minimum atomic E-state index is -4.61. The molecule has 13 heteroatoms. The van der Waals surface area contributed by atoms with E-state index in [2.05, 4.69) is 25.3 Å². The monoisotopic (exact) mass is 527 g/mol. The number of hydrogen-bond donors (Lipinski definition) is 3. The number of anilines is 2. The van der Waals surface area contributed by atoms with Crippen LogP contribution in [0.25, 0.3) is 10.6 Å². The molecule has 0 unspecified atom stereocenters. The van der Waals surface area contributed by atoms with Crippen molar-refractivity contribution in [2.45, 2.75) is 44.4 Å². The minimum absolute atomic E-state index is 0.0886. The number of aliphatic hydroxyl groups is 1. The summed E-state index contributed by atoms with van der Waals surface area (Å²) in [5.74, 6) is -1.60. The SMILES string of the molecule is C[C@@](O)(c1ncc(-c2cc(Nc3nccc(C(F)(F)F)n3)cc(Cl)n2)s1)[C@H]1CC[C@H](C(=O)O)CC1. The van der Waals surface area contributed by atoms with Crippen molar-refractivity contribution < 1.29 is 28.2 Å². The third-order valence-electron chi connectivity index (χ3n) is 6.06. The summed E-state index contributed by atoms with van der Waals surface area (Å²) in [6, 6.07) is 3.77. The van der Waals surface area contributed by atoms with Gasteiger partial charge in [-0.25, -0.2) is 19.9 Å². The van der Waals surface area contributed by atoms with E-state index in [4.69, 9.17) is 11.6 Å². The molecule has 0 spiro atoms. The number of aliphatic carboxylic acids is 1. The van der Waals surface area contributed by atoms with Crippen LogP contribution in [0.2, 0.25) is 5.15 Å². The Labute approximate surface area is 207 Å². The van der Waals surface area contributed by atoms with Crippen molar-refractivity contribution in [1.29, 1.82) is 0 Å². The summed E-state index contributed by atoms with van der Waals surface area (Å²) < 4.78 is 38.8. The molecule has 0 bridgehead atoms. The maximum absolute atomic E-state index is 12.9. The zero-order chi connectivity index (χ0) is 25.4. The smallest absolute Gasteiger partial charge is 0.433 e. The summed E-state index contributed by atoms with van der Waals surface area (Å²) in [5.41, 5.74) is -1.60. The largest absolute Gasteiger partial charge is 0.481 e. The Morgan fingerprint density at radius 1 is 1.17 bits per heavy atom. The second-order valence-electron chi connectivity index (χ2n) is 8.52. The highest BCUT2D eigenvalue weighted by Gasteiger charge is 2.40. The second-order valence-corrected chi connectivity index (χ2v) is 9.93. The number of nitrogens with zero attached hydrogens (tertiary/aromatic N) is 4. The maximum atomic E-state index is 12.9. The molecule has 4 rings (SSSR count). The highest BCUT2D eigenvalue weighted by Crippen LogP contribution is 2.43. The van der Waals surface area contributed by atoms with Crippen LogP contribution in [-0.4, -0.2) is 36.1 Å². The van der Waals surface area contributed by atoms with Crippen LogP contribution in [0.5, 0.6) is 0 Å². The van der Waals surface area contributed by atoms with E-state index in [1.165, 1.54) is 17.4 Å². The molecule has 1 atom stereocenters. The first-order valence-corrected chi connectivity index (χ1v) is 11.9. The van der Waals surface area contributed by atoms with Crippen molar-refractivity contribution in [1.82, 2.24) is 19.9 Å². The molecular formula is C22H21ClF3N5O3S. The predicted molar refractivity (Wildman–Crippen MR) is 123 cm³/mol. The number of halogens is 4. The zero-order valence-electron chi connectivity index (χ0n) is 18.4. The van der Waals surface area contributed by atoms with Gasteiger partial charge in [-0.1, -0.05) is 11.6 Å². The Morgan fingerprint density at radius 3 is 2.54 bits per heavy atom. The van der Waals surface area contributed by atoms with Gasteiger partial charge in [0.2, 0.25) is 5.95 Å². The number of nitrogens with one attached hydrogen (secondary N) is 1. The molecule has 3 heterocycles. The lowest BCUT2D eigenvalue weighted by atomic mass is 9.74. The van der Waals surface area contributed by atoms with Gasteiger partial charge >= 0.3 is 12.1 Å². The molecule has 0 aliphatic heterocycles. The summed E-state index contributed by atoms with van der Waals surface area (Å²) in [7, 11) is 0. The lowest BCUT2D eigenvalue weighted by Gasteiger charge is -2.35. The van der Waals surface area contributed by atoms with Crippen LogP contribution in [0, 0.1) is 11.8 Å². The summed E-state index contributed by atoms with van der Waals surface area (Å²) in [6.07, 6.45) is 0.0691. The molecule has 8 nitrogen and oxygen atoms in total. The lowest BCUT2D eigenvalue weighted by Crippen LogP contribution is -2.35. The third-order valence-corrected chi connectivity index (χ3v) is 7.50. The maximum Gasteiger partial charge on any atom is 0.433 e. The summed E-state index contributed by atoms with van der Waals surface area (Å²) >= 11 is 7.36. The van der Waals surface area contributed by atoms with E-state index in [1.807, 2.05) is 0 Å². The molecule has 1 aliphatic rings. The fourth-order valence-corrected chi connectivity index (χ4v) is 5.31. The standard InChI is InChI=1S/C22H21ClF3N5O3S/c1-21(34,12-4-2-11(3-5-12)18(32)33)19-28-10-15(35-19)14-8-13(9-17(23)30-14)29-20-27-7-6-16(31-20)22(24,25)26/h6-12,34H,2-5H2,1H3,(H,32,33)(H,27,29,30,31)/t11-,12-,21-/m0/s1. The number of carboxylic acid groups (broad SMARTS) is 1. The first kappa shape index (κ1) is 25.3. The minimum Gasteiger partial charge on any atom is -0.481 e. The van der Waals surface area contributed by atoms with Gasteiger partial charge in [0.1, 0.15) is 21.5 Å². The van der Waals surface area contributed by atoms with Crippen LogP contribution in [0.15, 0.2) is 30.6 Å². The number of rotatable bonds is 6. The van der Waals surface area contributed by atoms with Gasteiger partial charge < -0.3 is 15.5 Å². The third kappa shape index (κ3) is 5.71. The average molecular weight is 528 g/mol. The van der Waals surface area contributed by atoms with E-state index < -0.39 is 29.4 Å². The first-order valence-electron chi connectivity index (χ1n) is 10.7. The highest BCUT2D eigenvalue weighted by molar-refractivity contribution is 7.15. The Kier molecular flexibility index (Phi) is 6.98. The Morgan fingerprint density at radius 2 is 1.89 bits per heavy atom. The van der Waals surface area contributed by atoms with Crippen molar-refractivity contribution >= 4 is 40.5 Å². The van der Waals surface area contributed by atoms with Crippen molar-refractivity contribution in [3.8, 4) is 10.6 Å². The molecule has 0 saturated heterocycles. The average Bonchev–Trinajstić information content (AvgIpc) is 3.30. The Balaban J connectivity index is 1.54. The number of aromatic nitrogens is 4. The fraction of sp³-hybridized carbons (Fsp3) is 0.409. The molecule has 0 amide bonds. The molecule has 1 fully saturated rings. The van der Waals surface area contributed by atoms with E-state index in [0.717, 1.165) is 12.3 Å². The van der Waals surface area contributed by atoms with Crippen LogP contribution in [0.4, 0.5) is 24.8 Å². The normalized spacial score (nSPS) is 20.3. The zero-order valence-corrected chi connectivity index (χ0v) is 20.0. The van der Waals surface area contributed by atoms with Gasteiger partial charge in [-0.15, -0.1) is 11.3 Å². The molecule has 1 saturated carbocycles. The van der Waals surface area contributed by atoms with Gasteiger partial charge in [-0.2, -0.15) is 13.2 Å². The van der Waals surface area contributed by atoms with E-state index in [-0.39, 0.29) is 17.0 Å². The number of carboxylic acids is 1. The topological polar surface area (TPSA) is 121 Å². The van der Waals surface area contributed by atoms with Crippen LogP contribution >= 0.6 is 22.9 Å². The van der Waals surface area contributed by atoms with Crippen molar-refractivity contribution in [3.05, 3.63) is 46.4 Å². The highest BCUT2D eigenvalue weighted by atomic mass is 35.5. The van der Waals surface area contributed by atoms with E-state index >= 15 is 0 Å². The summed E-state index contributed by atoms with van der Waals surface area (Å²) in [4.78, 5) is 27.8. The van der Waals surface area contributed by atoms with Gasteiger partial charge in [0.05, 0.1) is 16.5 Å². The van der Waals surface area contributed by atoms with Crippen molar-refractivity contribution in [2.24, 2.45) is 11.8 Å². The summed E-state index contributed by atoms with van der Waals surface area (Å²) in [5, 5.41) is 23.7. The van der Waals surface area contributed by atoms with Gasteiger partial charge in [0, 0.05) is 18.1 Å². The van der Waals surface area contributed by atoms with Gasteiger partial charge in [0.25, 0.3) is 0 Å². The molecule has 3 aromatic rings. The number of pyridine rings is 1. The molecular weight excluding hydrogens is 507 g/mol. The second kappa shape index (κ2) is 9.67. The molecule has 186 valence electrons. The van der Waals surface area contributed by atoms with Crippen molar-refractivity contribution in [3.63, 3.8) is 0 Å². The fourth-order valence-electron chi connectivity index (χ4n) is 4.10. The molecule has 0 aromatic carbocycles. The molecule has 35 heavy (non-hydrogen) atoms. The van der Waals surface area contributed by atoms with Crippen molar-refractivity contribution in [2.75, 3.05) is 5.32 Å². The van der Waals surface area contributed by atoms with Gasteiger partial charge in [-0.3, -0.25) is 4.79 Å². The number of thiazole rings is 1. The van der Waals surface area contributed by atoms with Crippen LogP contribution in [0.3, 0.4) is 0 Å². The van der Waals surface area contributed by atoms with Gasteiger partial charge in [0.15, 0.2) is 0 Å². The van der Waals surface area contributed by atoms with E-state index in [0.29, 0.717) is 46.9 Å². The quantitative estimate of drug-likeness (QED) is 0.359. The Bertz CT molecular complexity index is 1230. The molecule has 1 aliphatic carbocycles. The van der Waals surface area contributed by atoms with Crippen LogP contribution < -0.4 is 5.32 Å². The van der Waals surface area contributed by atoms with Gasteiger partial charge in [-0.05, 0) is 56.7 Å².